The standard InChI is InChI=1S/C12H6BrN3O2S/c13-8-1-2-9(12(17)18)10(5-8)19-11-7(6-14)3-4-15-16-11/h1-5H,(H,17,18). The van der Waals surface area contributed by atoms with Crippen molar-refractivity contribution in [3.8, 4) is 6.07 Å². The van der Waals surface area contributed by atoms with Gasteiger partial charge in [-0.1, -0.05) is 27.7 Å². The van der Waals surface area contributed by atoms with Crippen LogP contribution in [0.3, 0.4) is 0 Å². The predicted molar refractivity (Wildman–Crippen MR) is 72.0 cm³/mol. The molecule has 94 valence electrons. The lowest BCUT2D eigenvalue weighted by molar-refractivity contribution is 0.0693. The summed E-state index contributed by atoms with van der Waals surface area (Å²) in [7, 11) is 0. The third-order valence-corrected chi connectivity index (χ3v) is 3.73. The average molecular weight is 336 g/mol. The second-order valence-electron chi connectivity index (χ2n) is 3.41. The number of nitrogens with zero attached hydrogens (tertiary/aromatic N) is 3. The van der Waals surface area contributed by atoms with E-state index in [9.17, 15) is 4.79 Å². The van der Waals surface area contributed by atoms with Gasteiger partial charge in [0.05, 0.1) is 17.3 Å². The van der Waals surface area contributed by atoms with Crippen molar-refractivity contribution in [2.45, 2.75) is 9.92 Å². The van der Waals surface area contributed by atoms with Crippen molar-refractivity contribution in [3.05, 3.63) is 46.1 Å². The minimum Gasteiger partial charge on any atom is -0.478 e. The zero-order valence-electron chi connectivity index (χ0n) is 9.37. The van der Waals surface area contributed by atoms with Gasteiger partial charge in [0.15, 0.2) is 0 Å². The summed E-state index contributed by atoms with van der Waals surface area (Å²) in [5.74, 6) is -1.03. The second-order valence-corrected chi connectivity index (χ2v) is 5.36. The molecule has 0 fully saturated rings. The van der Waals surface area contributed by atoms with Crippen LogP contribution in [-0.4, -0.2) is 21.3 Å². The molecule has 0 saturated carbocycles. The molecule has 0 spiro atoms. The molecule has 19 heavy (non-hydrogen) atoms. The maximum absolute atomic E-state index is 11.1. The van der Waals surface area contributed by atoms with E-state index in [4.69, 9.17) is 10.4 Å². The normalized spacial score (nSPS) is 9.89. The number of rotatable bonds is 3. The zero-order chi connectivity index (χ0) is 13.8. The lowest BCUT2D eigenvalue weighted by Gasteiger charge is -2.06. The fraction of sp³-hybridized carbons (Fsp3) is 0. The molecule has 1 N–H and O–H groups in total. The Labute approximate surface area is 121 Å². The van der Waals surface area contributed by atoms with Crippen LogP contribution in [-0.2, 0) is 0 Å². The lowest BCUT2D eigenvalue weighted by atomic mass is 10.2. The summed E-state index contributed by atoms with van der Waals surface area (Å²) in [5.41, 5.74) is 0.513. The molecule has 0 atom stereocenters. The molecule has 1 aromatic heterocycles. The SMILES string of the molecule is N#Cc1ccnnc1Sc1cc(Br)ccc1C(=O)O. The van der Waals surface area contributed by atoms with Crippen LogP contribution >= 0.6 is 27.7 Å². The van der Waals surface area contributed by atoms with E-state index in [1.54, 1.807) is 12.1 Å². The van der Waals surface area contributed by atoms with Crippen LogP contribution in [0.5, 0.6) is 0 Å². The Hall–Kier alpha value is -1.91. The monoisotopic (exact) mass is 335 g/mol. The van der Waals surface area contributed by atoms with E-state index in [2.05, 4.69) is 26.1 Å². The molecule has 0 aliphatic rings. The van der Waals surface area contributed by atoms with Gasteiger partial charge in [0.2, 0.25) is 0 Å². The van der Waals surface area contributed by atoms with Crippen molar-refractivity contribution < 1.29 is 9.90 Å². The molecule has 1 heterocycles. The highest BCUT2D eigenvalue weighted by molar-refractivity contribution is 9.10. The number of carboxylic acid groups (broad SMARTS) is 1. The second kappa shape index (κ2) is 5.82. The number of hydrogen-bond acceptors (Lipinski definition) is 5. The Bertz CT molecular complexity index is 685. The molecule has 0 saturated heterocycles. The van der Waals surface area contributed by atoms with Gasteiger partial charge in [0.25, 0.3) is 0 Å². The number of nitriles is 1. The smallest absolute Gasteiger partial charge is 0.336 e. The van der Waals surface area contributed by atoms with E-state index in [0.29, 0.717) is 15.5 Å². The summed E-state index contributed by atoms with van der Waals surface area (Å²) in [5, 5.41) is 26.0. The van der Waals surface area contributed by atoms with Gasteiger partial charge in [-0.3, -0.25) is 0 Å². The molecule has 1 aromatic carbocycles. The van der Waals surface area contributed by atoms with Crippen molar-refractivity contribution in [3.63, 3.8) is 0 Å². The Morgan fingerprint density at radius 1 is 1.42 bits per heavy atom. The average Bonchev–Trinajstić information content (AvgIpc) is 2.39. The largest absolute Gasteiger partial charge is 0.478 e. The maximum atomic E-state index is 11.1. The van der Waals surface area contributed by atoms with Gasteiger partial charge in [0, 0.05) is 9.37 Å². The number of aromatic nitrogens is 2. The van der Waals surface area contributed by atoms with Crippen molar-refractivity contribution in [2.24, 2.45) is 0 Å². The van der Waals surface area contributed by atoms with E-state index in [1.165, 1.54) is 18.3 Å². The molecule has 2 rings (SSSR count). The van der Waals surface area contributed by atoms with Crippen LogP contribution in [0.1, 0.15) is 15.9 Å². The van der Waals surface area contributed by atoms with E-state index in [0.717, 1.165) is 16.2 Å². The summed E-state index contributed by atoms with van der Waals surface area (Å²) >= 11 is 4.39. The van der Waals surface area contributed by atoms with Crippen LogP contribution in [0.2, 0.25) is 0 Å². The molecule has 5 nitrogen and oxygen atoms in total. The molecule has 0 unspecified atom stereocenters. The highest BCUT2D eigenvalue weighted by Gasteiger charge is 2.14. The maximum Gasteiger partial charge on any atom is 0.336 e. The number of carboxylic acids is 1. The lowest BCUT2D eigenvalue weighted by Crippen LogP contribution is -1.99. The van der Waals surface area contributed by atoms with Gasteiger partial charge in [-0.05, 0) is 24.3 Å². The Morgan fingerprint density at radius 2 is 2.21 bits per heavy atom. The van der Waals surface area contributed by atoms with Crippen molar-refractivity contribution in [2.75, 3.05) is 0 Å². The number of carbonyl (C=O) groups is 1. The number of aromatic carboxylic acids is 1. The van der Waals surface area contributed by atoms with Gasteiger partial charge in [0.1, 0.15) is 11.1 Å². The van der Waals surface area contributed by atoms with E-state index in [-0.39, 0.29) is 5.56 Å². The Morgan fingerprint density at radius 3 is 2.89 bits per heavy atom. The zero-order valence-corrected chi connectivity index (χ0v) is 11.8. The molecule has 2 aromatic rings. The first kappa shape index (κ1) is 13.5. The quantitative estimate of drug-likeness (QED) is 0.927. The predicted octanol–water partition coefficient (Wildman–Crippen LogP) is 2.96. The van der Waals surface area contributed by atoms with E-state index in [1.807, 2.05) is 6.07 Å². The number of benzene rings is 1. The topological polar surface area (TPSA) is 86.9 Å². The van der Waals surface area contributed by atoms with Crippen LogP contribution in [0, 0.1) is 11.3 Å². The van der Waals surface area contributed by atoms with Gasteiger partial charge >= 0.3 is 5.97 Å². The first-order chi connectivity index (χ1) is 9.11. The van der Waals surface area contributed by atoms with Crippen LogP contribution < -0.4 is 0 Å². The summed E-state index contributed by atoms with van der Waals surface area (Å²) in [4.78, 5) is 11.6. The summed E-state index contributed by atoms with van der Waals surface area (Å²) < 4.78 is 0.752. The third kappa shape index (κ3) is 3.10. The van der Waals surface area contributed by atoms with Gasteiger partial charge in [-0.25, -0.2) is 4.79 Å². The molecule has 7 heteroatoms. The fourth-order valence-electron chi connectivity index (χ4n) is 1.34. The van der Waals surface area contributed by atoms with Crippen molar-refractivity contribution in [1.29, 1.82) is 5.26 Å². The van der Waals surface area contributed by atoms with Crippen LogP contribution in [0.25, 0.3) is 0 Å². The number of halogens is 1. The van der Waals surface area contributed by atoms with Gasteiger partial charge < -0.3 is 5.11 Å². The van der Waals surface area contributed by atoms with E-state index >= 15 is 0 Å². The molecule has 0 aliphatic carbocycles. The van der Waals surface area contributed by atoms with Crippen molar-refractivity contribution in [1.82, 2.24) is 10.2 Å². The van der Waals surface area contributed by atoms with Gasteiger partial charge in [-0.15, -0.1) is 5.10 Å². The number of hydrogen-bond donors (Lipinski definition) is 1. The third-order valence-electron chi connectivity index (χ3n) is 2.19. The molecular weight excluding hydrogens is 330 g/mol. The van der Waals surface area contributed by atoms with Crippen LogP contribution in [0.15, 0.2) is 44.9 Å². The van der Waals surface area contributed by atoms with E-state index < -0.39 is 5.97 Å². The van der Waals surface area contributed by atoms with Gasteiger partial charge in [-0.2, -0.15) is 10.4 Å². The molecule has 0 bridgehead atoms. The molecule has 0 aliphatic heterocycles. The first-order valence-electron chi connectivity index (χ1n) is 5.04. The highest BCUT2D eigenvalue weighted by Crippen LogP contribution is 2.32. The minimum atomic E-state index is -1.03. The molecule has 0 amide bonds. The highest BCUT2D eigenvalue weighted by atomic mass is 79.9. The molecular formula is C12H6BrN3O2S. The summed E-state index contributed by atoms with van der Waals surface area (Å²) in [6.45, 7) is 0. The van der Waals surface area contributed by atoms with Crippen molar-refractivity contribution >= 4 is 33.7 Å². The summed E-state index contributed by atoms with van der Waals surface area (Å²) in [6.07, 6.45) is 1.42. The fourth-order valence-corrected chi connectivity index (χ4v) is 2.82. The first-order valence-corrected chi connectivity index (χ1v) is 6.65. The Kier molecular flexibility index (Phi) is 4.14. The minimum absolute atomic E-state index is 0.155. The summed E-state index contributed by atoms with van der Waals surface area (Å²) in [6, 6.07) is 8.35. The van der Waals surface area contributed by atoms with Crippen LogP contribution in [0.4, 0.5) is 0 Å². The Balaban J connectivity index is 2.46. The molecule has 0 radical (unpaired) electrons.